The van der Waals surface area contributed by atoms with Crippen LogP contribution in [0.25, 0.3) is 0 Å². The van der Waals surface area contributed by atoms with Crippen LogP contribution in [0.15, 0.2) is 22.7 Å². The summed E-state index contributed by atoms with van der Waals surface area (Å²) in [6.07, 6.45) is 0. The molecule has 0 amide bonds. The van der Waals surface area contributed by atoms with Crippen molar-refractivity contribution in [1.82, 2.24) is 4.90 Å². The molecule has 14 heavy (non-hydrogen) atoms. The van der Waals surface area contributed by atoms with Crippen LogP contribution < -0.4 is 0 Å². The largest absolute Gasteiger partial charge is 0.478 e. The van der Waals surface area contributed by atoms with E-state index in [9.17, 15) is 4.79 Å². The van der Waals surface area contributed by atoms with Crippen molar-refractivity contribution in [2.45, 2.75) is 6.54 Å². The van der Waals surface area contributed by atoms with E-state index in [0.717, 1.165) is 10.0 Å². The number of hydrogen-bond donors (Lipinski definition) is 1. The van der Waals surface area contributed by atoms with E-state index in [1.165, 1.54) is 0 Å². The molecule has 1 aromatic carbocycles. The van der Waals surface area contributed by atoms with E-state index < -0.39 is 5.97 Å². The normalized spacial score (nSPS) is 10.6. The molecule has 0 aliphatic heterocycles. The summed E-state index contributed by atoms with van der Waals surface area (Å²) in [5.74, 6) is -0.880. The fraction of sp³-hybridized carbons (Fsp3) is 0.300. The van der Waals surface area contributed by atoms with Gasteiger partial charge < -0.3 is 10.0 Å². The van der Waals surface area contributed by atoms with Gasteiger partial charge in [-0.1, -0.05) is 15.9 Å². The molecule has 0 radical (unpaired) electrons. The lowest BCUT2D eigenvalue weighted by molar-refractivity contribution is 0.0695. The van der Waals surface area contributed by atoms with Crippen LogP contribution in [0.3, 0.4) is 0 Å². The van der Waals surface area contributed by atoms with Gasteiger partial charge in [-0.15, -0.1) is 0 Å². The maximum atomic E-state index is 10.9. The number of carboxylic acid groups (broad SMARTS) is 1. The second-order valence-electron chi connectivity index (χ2n) is 3.34. The highest BCUT2D eigenvalue weighted by molar-refractivity contribution is 9.10. The first kappa shape index (κ1) is 11.2. The van der Waals surface area contributed by atoms with Crippen LogP contribution in [0.5, 0.6) is 0 Å². The maximum absolute atomic E-state index is 10.9. The van der Waals surface area contributed by atoms with Gasteiger partial charge in [-0.3, -0.25) is 0 Å². The number of nitrogens with zero attached hydrogens (tertiary/aromatic N) is 1. The van der Waals surface area contributed by atoms with E-state index in [0.29, 0.717) is 12.1 Å². The molecule has 0 spiro atoms. The Kier molecular flexibility index (Phi) is 3.66. The van der Waals surface area contributed by atoms with Gasteiger partial charge >= 0.3 is 5.97 Å². The lowest BCUT2D eigenvalue weighted by atomic mass is 10.1. The monoisotopic (exact) mass is 257 g/mol. The van der Waals surface area contributed by atoms with Crippen LogP contribution >= 0.6 is 15.9 Å². The van der Waals surface area contributed by atoms with Crippen molar-refractivity contribution in [2.75, 3.05) is 14.1 Å². The Bertz CT molecular complexity index is 350. The number of benzene rings is 1. The lowest BCUT2D eigenvalue weighted by Gasteiger charge is -2.12. The van der Waals surface area contributed by atoms with Gasteiger partial charge in [-0.25, -0.2) is 4.79 Å². The SMILES string of the molecule is CN(C)Cc1cc(Br)ccc1C(=O)O. The van der Waals surface area contributed by atoms with Crippen molar-refractivity contribution >= 4 is 21.9 Å². The van der Waals surface area contributed by atoms with Gasteiger partial charge in [0.05, 0.1) is 5.56 Å². The fourth-order valence-corrected chi connectivity index (χ4v) is 1.65. The highest BCUT2D eigenvalue weighted by Crippen LogP contribution is 2.17. The summed E-state index contributed by atoms with van der Waals surface area (Å²) in [7, 11) is 3.82. The van der Waals surface area contributed by atoms with Gasteiger partial charge in [-0.2, -0.15) is 0 Å². The molecule has 3 nitrogen and oxygen atoms in total. The summed E-state index contributed by atoms with van der Waals surface area (Å²) in [6, 6.07) is 5.19. The van der Waals surface area contributed by atoms with E-state index in [1.54, 1.807) is 12.1 Å². The topological polar surface area (TPSA) is 40.5 Å². The van der Waals surface area contributed by atoms with Gasteiger partial charge in [0, 0.05) is 11.0 Å². The molecular formula is C10H12BrNO2. The molecule has 0 heterocycles. The number of carbonyl (C=O) groups is 1. The van der Waals surface area contributed by atoms with Gasteiger partial charge in [0.1, 0.15) is 0 Å². The van der Waals surface area contributed by atoms with Crippen LogP contribution in [0.4, 0.5) is 0 Å². The van der Waals surface area contributed by atoms with Gasteiger partial charge in [0.25, 0.3) is 0 Å². The Morgan fingerprint density at radius 3 is 2.64 bits per heavy atom. The van der Waals surface area contributed by atoms with Gasteiger partial charge in [-0.05, 0) is 37.9 Å². The zero-order chi connectivity index (χ0) is 10.7. The zero-order valence-electron chi connectivity index (χ0n) is 8.12. The van der Waals surface area contributed by atoms with E-state index in [-0.39, 0.29) is 0 Å². The molecule has 0 saturated heterocycles. The van der Waals surface area contributed by atoms with Crippen molar-refractivity contribution in [2.24, 2.45) is 0 Å². The molecule has 0 unspecified atom stereocenters. The maximum Gasteiger partial charge on any atom is 0.336 e. The molecule has 0 atom stereocenters. The van der Waals surface area contributed by atoms with Crippen molar-refractivity contribution < 1.29 is 9.90 Å². The zero-order valence-corrected chi connectivity index (χ0v) is 9.71. The lowest BCUT2D eigenvalue weighted by Crippen LogP contribution is -2.14. The smallest absolute Gasteiger partial charge is 0.336 e. The molecule has 0 bridgehead atoms. The number of aromatic carboxylic acids is 1. The fourth-order valence-electron chi connectivity index (χ4n) is 1.24. The molecule has 1 aromatic rings. The highest BCUT2D eigenvalue weighted by atomic mass is 79.9. The number of hydrogen-bond acceptors (Lipinski definition) is 2. The summed E-state index contributed by atoms with van der Waals surface area (Å²) < 4.78 is 0.902. The first-order valence-electron chi connectivity index (χ1n) is 4.17. The average molecular weight is 258 g/mol. The molecule has 76 valence electrons. The summed E-state index contributed by atoms with van der Waals surface area (Å²) in [5.41, 5.74) is 1.18. The Labute approximate surface area is 91.5 Å². The van der Waals surface area contributed by atoms with Crippen molar-refractivity contribution in [3.8, 4) is 0 Å². The Hall–Kier alpha value is -0.870. The third-order valence-corrected chi connectivity index (χ3v) is 2.28. The highest BCUT2D eigenvalue weighted by Gasteiger charge is 2.10. The van der Waals surface area contributed by atoms with Crippen molar-refractivity contribution in [3.63, 3.8) is 0 Å². The first-order valence-corrected chi connectivity index (χ1v) is 4.96. The van der Waals surface area contributed by atoms with Gasteiger partial charge in [0.15, 0.2) is 0 Å². The number of carboxylic acids is 1. The minimum absolute atomic E-state index is 0.363. The van der Waals surface area contributed by atoms with E-state index in [2.05, 4.69) is 15.9 Å². The molecule has 0 fully saturated rings. The molecule has 0 aliphatic rings. The standard InChI is InChI=1S/C10H12BrNO2/c1-12(2)6-7-5-8(11)3-4-9(7)10(13)14/h3-5H,6H2,1-2H3,(H,13,14). The minimum atomic E-state index is -0.880. The van der Waals surface area contributed by atoms with E-state index >= 15 is 0 Å². The molecular weight excluding hydrogens is 246 g/mol. The van der Waals surface area contributed by atoms with E-state index in [1.807, 2.05) is 25.1 Å². The second-order valence-corrected chi connectivity index (χ2v) is 4.26. The minimum Gasteiger partial charge on any atom is -0.478 e. The first-order chi connectivity index (χ1) is 6.50. The van der Waals surface area contributed by atoms with Gasteiger partial charge in [0.2, 0.25) is 0 Å². The third kappa shape index (κ3) is 2.82. The molecule has 0 aromatic heterocycles. The van der Waals surface area contributed by atoms with Crippen LogP contribution in [0.2, 0.25) is 0 Å². The van der Waals surface area contributed by atoms with Crippen LogP contribution in [0.1, 0.15) is 15.9 Å². The number of halogens is 1. The van der Waals surface area contributed by atoms with Crippen molar-refractivity contribution in [3.05, 3.63) is 33.8 Å². The van der Waals surface area contributed by atoms with Crippen molar-refractivity contribution in [1.29, 1.82) is 0 Å². The Morgan fingerprint density at radius 1 is 1.50 bits per heavy atom. The molecule has 4 heteroatoms. The van der Waals surface area contributed by atoms with Crippen LogP contribution in [-0.4, -0.2) is 30.1 Å². The van der Waals surface area contributed by atoms with Crippen LogP contribution in [0, 0.1) is 0 Å². The Morgan fingerprint density at radius 2 is 2.14 bits per heavy atom. The quantitative estimate of drug-likeness (QED) is 0.903. The summed E-state index contributed by atoms with van der Waals surface area (Å²) in [6.45, 7) is 0.626. The molecule has 1 N–H and O–H groups in total. The summed E-state index contributed by atoms with van der Waals surface area (Å²) >= 11 is 3.32. The van der Waals surface area contributed by atoms with Crippen LogP contribution in [-0.2, 0) is 6.54 Å². The molecule has 1 rings (SSSR count). The average Bonchev–Trinajstić information content (AvgIpc) is 2.01. The number of rotatable bonds is 3. The second kappa shape index (κ2) is 4.57. The third-order valence-electron chi connectivity index (χ3n) is 1.78. The Balaban J connectivity index is 3.09. The predicted octanol–water partition coefficient (Wildman–Crippen LogP) is 2.21. The summed E-state index contributed by atoms with van der Waals surface area (Å²) in [5, 5.41) is 8.94. The summed E-state index contributed by atoms with van der Waals surface area (Å²) in [4.78, 5) is 12.8. The predicted molar refractivity (Wildman–Crippen MR) is 58.5 cm³/mol. The van der Waals surface area contributed by atoms with E-state index in [4.69, 9.17) is 5.11 Å². The molecule has 0 aliphatic carbocycles. The molecule has 0 saturated carbocycles.